The number of carbonyl (C=O) groups is 1. The Morgan fingerprint density at radius 3 is 3.00 bits per heavy atom. The summed E-state index contributed by atoms with van der Waals surface area (Å²) >= 11 is 5.39. The highest BCUT2D eigenvalue weighted by atomic mass is 35.5. The van der Waals surface area contributed by atoms with Crippen molar-refractivity contribution in [3.8, 4) is 0 Å². The molecule has 1 aromatic heterocycles. The number of fused-ring (bicyclic) bond motifs is 1. The minimum Gasteiger partial charge on any atom is -0.459 e. The third kappa shape index (κ3) is 3.14. The SMILES string of the molecule is O=C(NCc1cc2ccccc2o1)OCCCl. The molecular weight excluding hydrogens is 242 g/mol. The summed E-state index contributed by atoms with van der Waals surface area (Å²) in [6, 6.07) is 9.55. The summed E-state index contributed by atoms with van der Waals surface area (Å²) in [7, 11) is 0. The van der Waals surface area contributed by atoms with Crippen LogP contribution in [0.1, 0.15) is 5.76 Å². The molecule has 1 N–H and O–H groups in total. The number of halogens is 1. The molecule has 0 saturated carbocycles. The van der Waals surface area contributed by atoms with Gasteiger partial charge in [0.1, 0.15) is 18.0 Å². The van der Waals surface area contributed by atoms with Crippen LogP contribution in [0.25, 0.3) is 11.0 Å². The maximum atomic E-state index is 11.2. The second kappa shape index (κ2) is 5.59. The summed E-state index contributed by atoms with van der Waals surface area (Å²) in [5, 5.41) is 3.59. The molecule has 0 unspecified atom stereocenters. The van der Waals surface area contributed by atoms with Crippen LogP contribution in [-0.2, 0) is 11.3 Å². The number of amides is 1. The molecule has 2 aromatic rings. The van der Waals surface area contributed by atoms with Gasteiger partial charge in [-0.1, -0.05) is 18.2 Å². The van der Waals surface area contributed by atoms with E-state index in [4.69, 9.17) is 20.8 Å². The molecule has 0 atom stereocenters. The van der Waals surface area contributed by atoms with Gasteiger partial charge < -0.3 is 14.5 Å². The average molecular weight is 254 g/mol. The monoisotopic (exact) mass is 253 g/mol. The van der Waals surface area contributed by atoms with E-state index in [1.165, 1.54) is 0 Å². The first-order valence-electron chi connectivity index (χ1n) is 5.23. The quantitative estimate of drug-likeness (QED) is 0.853. The van der Waals surface area contributed by atoms with Crippen molar-refractivity contribution in [1.82, 2.24) is 5.32 Å². The van der Waals surface area contributed by atoms with Crippen molar-refractivity contribution in [2.75, 3.05) is 12.5 Å². The first-order valence-corrected chi connectivity index (χ1v) is 5.77. The molecule has 0 spiro atoms. The van der Waals surface area contributed by atoms with E-state index in [1.54, 1.807) is 0 Å². The highest BCUT2D eigenvalue weighted by molar-refractivity contribution is 6.18. The average Bonchev–Trinajstić information content (AvgIpc) is 2.76. The van der Waals surface area contributed by atoms with Gasteiger partial charge in [-0.2, -0.15) is 0 Å². The third-order valence-corrected chi connectivity index (χ3v) is 2.35. The van der Waals surface area contributed by atoms with E-state index in [0.29, 0.717) is 12.3 Å². The topological polar surface area (TPSA) is 51.5 Å². The molecule has 0 fully saturated rings. The molecule has 0 bridgehead atoms. The molecule has 17 heavy (non-hydrogen) atoms. The second-order valence-electron chi connectivity index (χ2n) is 3.43. The first-order chi connectivity index (χ1) is 8.29. The third-order valence-electron chi connectivity index (χ3n) is 2.19. The van der Waals surface area contributed by atoms with Crippen molar-refractivity contribution in [2.24, 2.45) is 0 Å². The normalized spacial score (nSPS) is 10.4. The second-order valence-corrected chi connectivity index (χ2v) is 3.81. The summed E-state index contributed by atoms with van der Waals surface area (Å²) in [4.78, 5) is 11.2. The zero-order chi connectivity index (χ0) is 12.1. The van der Waals surface area contributed by atoms with Gasteiger partial charge in [0, 0.05) is 5.39 Å². The van der Waals surface area contributed by atoms with Gasteiger partial charge in [0.05, 0.1) is 12.4 Å². The van der Waals surface area contributed by atoms with Gasteiger partial charge >= 0.3 is 6.09 Å². The first kappa shape index (κ1) is 11.8. The Bertz CT molecular complexity index is 476. The number of alkyl halides is 1. The van der Waals surface area contributed by atoms with E-state index in [-0.39, 0.29) is 12.5 Å². The number of ether oxygens (including phenoxy) is 1. The highest BCUT2D eigenvalue weighted by Gasteiger charge is 2.05. The molecule has 5 heteroatoms. The van der Waals surface area contributed by atoms with Crippen LogP contribution in [0.4, 0.5) is 4.79 Å². The maximum absolute atomic E-state index is 11.2. The van der Waals surface area contributed by atoms with Crippen molar-refractivity contribution in [2.45, 2.75) is 6.54 Å². The fourth-order valence-corrected chi connectivity index (χ4v) is 1.54. The smallest absolute Gasteiger partial charge is 0.407 e. The lowest BCUT2D eigenvalue weighted by Gasteiger charge is -2.03. The summed E-state index contributed by atoms with van der Waals surface area (Å²) in [6.45, 7) is 0.503. The van der Waals surface area contributed by atoms with Gasteiger partial charge in [0.2, 0.25) is 0 Å². The maximum Gasteiger partial charge on any atom is 0.407 e. The molecule has 0 aliphatic carbocycles. The minimum atomic E-state index is -0.494. The summed E-state index contributed by atoms with van der Waals surface area (Å²) in [6.07, 6.45) is -0.494. The lowest BCUT2D eigenvalue weighted by Crippen LogP contribution is -2.24. The molecule has 1 amide bonds. The molecule has 4 nitrogen and oxygen atoms in total. The summed E-state index contributed by atoms with van der Waals surface area (Å²) in [5.41, 5.74) is 0.804. The van der Waals surface area contributed by atoms with Crippen LogP contribution in [0.5, 0.6) is 0 Å². The van der Waals surface area contributed by atoms with Gasteiger partial charge in [-0.25, -0.2) is 4.79 Å². The van der Waals surface area contributed by atoms with Gasteiger partial charge in [-0.3, -0.25) is 0 Å². The van der Waals surface area contributed by atoms with Crippen LogP contribution in [0.3, 0.4) is 0 Å². The van der Waals surface area contributed by atoms with E-state index in [9.17, 15) is 4.79 Å². The Hall–Kier alpha value is -1.68. The largest absolute Gasteiger partial charge is 0.459 e. The van der Waals surface area contributed by atoms with Crippen molar-refractivity contribution in [1.29, 1.82) is 0 Å². The summed E-state index contributed by atoms with van der Waals surface area (Å²) in [5.74, 6) is 0.979. The predicted molar refractivity (Wildman–Crippen MR) is 65.1 cm³/mol. The van der Waals surface area contributed by atoms with Crippen LogP contribution in [0, 0.1) is 0 Å². The van der Waals surface area contributed by atoms with Crippen molar-refractivity contribution in [3.05, 3.63) is 36.1 Å². The Kier molecular flexibility index (Phi) is 3.88. The molecule has 0 saturated heterocycles. The molecule has 1 heterocycles. The lowest BCUT2D eigenvalue weighted by atomic mass is 10.2. The Labute approximate surface area is 103 Å². The van der Waals surface area contributed by atoms with Gasteiger partial charge in [-0.05, 0) is 12.1 Å². The number of benzene rings is 1. The number of rotatable bonds is 4. The van der Waals surface area contributed by atoms with E-state index < -0.39 is 6.09 Å². The van der Waals surface area contributed by atoms with Crippen LogP contribution in [-0.4, -0.2) is 18.6 Å². The summed E-state index contributed by atoms with van der Waals surface area (Å²) < 4.78 is 10.3. The molecular formula is C12H12ClNO3. The van der Waals surface area contributed by atoms with Crippen molar-refractivity contribution >= 4 is 28.7 Å². The van der Waals surface area contributed by atoms with Gasteiger partial charge in [-0.15, -0.1) is 11.6 Å². The standard InChI is InChI=1S/C12H12ClNO3/c13-5-6-16-12(15)14-8-10-7-9-3-1-2-4-11(9)17-10/h1-4,7H,5-6,8H2,(H,14,15). The lowest BCUT2D eigenvalue weighted by molar-refractivity contribution is 0.151. The molecule has 0 radical (unpaired) electrons. The number of hydrogen-bond donors (Lipinski definition) is 1. The fraction of sp³-hybridized carbons (Fsp3) is 0.250. The zero-order valence-electron chi connectivity index (χ0n) is 9.11. The van der Waals surface area contributed by atoms with Crippen LogP contribution < -0.4 is 5.32 Å². The molecule has 0 aliphatic heterocycles. The van der Waals surface area contributed by atoms with Crippen molar-refractivity contribution < 1.29 is 13.9 Å². The molecule has 0 aliphatic rings. The van der Waals surface area contributed by atoms with Gasteiger partial charge in [0.25, 0.3) is 0 Å². The molecule has 90 valence electrons. The van der Waals surface area contributed by atoms with Crippen LogP contribution in [0.15, 0.2) is 34.7 Å². The zero-order valence-corrected chi connectivity index (χ0v) is 9.87. The number of alkyl carbamates (subject to hydrolysis) is 1. The Morgan fingerprint density at radius 1 is 1.41 bits per heavy atom. The Morgan fingerprint density at radius 2 is 2.24 bits per heavy atom. The number of para-hydroxylation sites is 1. The van der Waals surface area contributed by atoms with Crippen LogP contribution >= 0.6 is 11.6 Å². The number of nitrogens with one attached hydrogen (secondary N) is 1. The molecule has 2 rings (SSSR count). The van der Waals surface area contributed by atoms with Crippen LogP contribution in [0.2, 0.25) is 0 Å². The fourth-order valence-electron chi connectivity index (χ4n) is 1.47. The predicted octanol–water partition coefficient (Wildman–Crippen LogP) is 2.90. The van der Waals surface area contributed by atoms with E-state index >= 15 is 0 Å². The highest BCUT2D eigenvalue weighted by Crippen LogP contribution is 2.18. The number of furan rings is 1. The molecule has 1 aromatic carbocycles. The van der Waals surface area contributed by atoms with Crippen molar-refractivity contribution in [3.63, 3.8) is 0 Å². The Balaban J connectivity index is 1.92. The van der Waals surface area contributed by atoms with E-state index in [0.717, 1.165) is 11.0 Å². The number of carbonyl (C=O) groups excluding carboxylic acids is 1. The van der Waals surface area contributed by atoms with Gasteiger partial charge in [0.15, 0.2) is 0 Å². The number of hydrogen-bond acceptors (Lipinski definition) is 3. The van der Waals surface area contributed by atoms with E-state index in [1.807, 2.05) is 30.3 Å². The van der Waals surface area contributed by atoms with E-state index in [2.05, 4.69) is 5.32 Å². The minimum absolute atomic E-state index is 0.202.